The van der Waals surface area contributed by atoms with E-state index in [1.54, 1.807) is 4.90 Å². The van der Waals surface area contributed by atoms with Crippen molar-refractivity contribution in [2.45, 2.75) is 131 Å². The van der Waals surface area contributed by atoms with Gasteiger partial charge in [0.2, 0.25) is 0 Å². The van der Waals surface area contributed by atoms with E-state index in [-0.39, 0.29) is 11.5 Å². The Labute approximate surface area is 204 Å². The summed E-state index contributed by atoms with van der Waals surface area (Å²) in [5, 5.41) is 11.0. The molecule has 0 radical (unpaired) electrons. The summed E-state index contributed by atoms with van der Waals surface area (Å²) in [6.45, 7) is 23.5. The zero-order valence-electron chi connectivity index (χ0n) is 23.3. The monoisotopic (exact) mass is 458 g/mol. The highest BCUT2D eigenvalue weighted by Crippen LogP contribution is 2.54. The molecule has 0 aromatic heterocycles. The van der Waals surface area contributed by atoms with E-state index in [1.807, 2.05) is 0 Å². The van der Waals surface area contributed by atoms with Gasteiger partial charge in [-0.25, -0.2) is 0 Å². The fourth-order valence-corrected chi connectivity index (χ4v) is 6.02. The van der Waals surface area contributed by atoms with Crippen molar-refractivity contribution in [3.63, 3.8) is 0 Å². The van der Waals surface area contributed by atoms with Crippen LogP contribution in [0.15, 0.2) is 17.7 Å². The van der Waals surface area contributed by atoms with Gasteiger partial charge in [-0.05, 0) is 105 Å². The molecule has 0 saturated heterocycles. The second-order valence-electron chi connectivity index (χ2n) is 11.5. The van der Waals surface area contributed by atoms with Crippen molar-refractivity contribution >= 4 is 0 Å². The lowest BCUT2D eigenvalue weighted by atomic mass is 9.67. The first-order chi connectivity index (χ1) is 15.4. The molecule has 0 saturated carbocycles. The Morgan fingerprint density at radius 2 is 1.73 bits per heavy atom. The molecule has 0 amide bonds. The van der Waals surface area contributed by atoms with E-state index < -0.39 is 0 Å². The van der Waals surface area contributed by atoms with Crippen LogP contribution in [-0.4, -0.2) is 29.3 Å². The first kappa shape index (κ1) is 27.8. The van der Waals surface area contributed by atoms with Crippen LogP contribution < -0.4 is 9.64 Å². The highest BCUT2D eigenvalue weighted by Gasteiger charge is 2.45. The van der Waals surface area contributed by atoms with Gasteiger partial charge in [-0.1, -0.05) is 31.4 Å². The number of allylic oxidation sites excluding steroid dienone is 2. The smallest absolute Gasteiger partial charge is 0.127 e. The number of phenols is 1. The number of ether oxygens (including phenoxy) is 1. The maximum atomic E-state index is 11.0. The zero-order chi connectivity index (χ0) is 24.9. The van der Waals surface area contributed by atoms with Crippen LogP contribution in [0.4, 0.5) is 0 Å². The zero-order valence-corrected chi connectivity index (χ0v) is 23.3. The number of quaternary nitrogens is 1. The SMILES string of the molecule is CCCCCc1cc2c(c(O)c1C)[C@@H]1C=C(C)CC[C@H]1C(C)(C)O2.CC[NH+](C(C)C)C(C)C. The van der Waals surface area contributed by atoms with E-state index in [0.29, 0.717) is 11.7 Å². The summed E-state index contributed by atoms with van der Waals surface area (Å²) in [6, 6.07) is 3.75. The number of fused-ring (bicyclic) bond motifs is 3. The number of nitrogens with one attached hydrogen (secondary N) is 1. The molecule has 1 aliphatic heterocycles. The van der Waals surface area contributed by atoms with Crippen LogP contribution in [0, 0.1) is 12.8 Å². The molecule has 2 N–H and O–H groups in total. The van der Waals surface area contributed by atoms with Crippen molar-refractivity contribution in [1.82, 2.24) is 0 Å². The van der Waals surface area contributed by atoms with Crippen LogP contribution in [0.3, 0.4) is 0 Å². The Hall–Kier alpha value is -1.48. The third-order valence-electron chi connectivity index (χ3n) is 7.95. The average molecular weight is 459 g/mol. The largest absolute Gasteiger partial charge is 0.507 e. The van der Waals surface area contributed by atoms with E-state index in [2.05, 4.69) is 81.4 Å². The summed E-state index contributed by atoms with van der Waals surface area (Å²) in [5.41, 5.74) is 4.56. The van der Waals surface area contributed by atoms with E-state index >= 15 is 0 Å². The highest BCUT2D eigenvalue weighted by molar-refractivity contribution is 5.58. The predicted molar refractivity (Wildman–Crippen MR) is 142 cm³/mol. The number of hydrogen-bond acceptors (Lipinski definition) is 2. The molecule has 1 aromatic rings. The summed E-state index contributed by atoms with van der Waals surface area (Å²) in [4.78, 5) is 1.69. The van der Waals surface area contributed by atoms with Gasteiger partial charge in [-0.2, -0.15) is 0 Å². The van der Waals surface area contributed by atoms with Gasteiger partial charge in [0.25, 0.3) is 0 Å². The molecule has 2 aliphatic rings. The number of aryl methyl sites for hydroxylation is 1. The minimum absolute atomic E-state index is 0.183. The molecule has 1 aliphatic carbocycles. The van der Waals surface area contributed by atoms with Crippen molar-refractivity contribution < 1.29 is 14.7 Å². The Balaban J connectivity index is 0.000000365. The van der Waals surface area contributed by atoms with Crippen LogP contribution in [0.5, 0.6) is 11.5 Å². The van der Waals surface area contributed by atoms with E-state index in [1.165, 1.54) is 36.9 Å². The van der Waals surface area contributed by atoms with Crippen molar-refractivity contribution in [1.29, 1.82) is 0 Å². The Morgan fingerprint density at radius 1 is 1.09 bits per heavy atom. The second kappa shape index (κ2) is 11.8. The number of hydrogen-bond donors (Lipinski definition) is 2. The molecule has 3 heteroatoms. The molecule has 0 unspecified atom stereocenters. The minimum atomic E-state index is -0.183. The Bertz CT molecular complexity index is 798. The van der Waals surface area contributed by atoms with Gasteiger partial charge in [-0.15, -0.1) is 0 Å². The van der Waals surface area contributed by atoms with Gasteiger partial charge >= 0.3 is 0 Å². The summed E-state index contributed by atoms with van der Waals surface area (Å²) >= 11 is 0. The first-order valence-corrected chi connectivity index (χ1v) is 13.5. The molecule has 0 bridgehead atoms. The van der Waals surface area contributed by atoms with Gasteiger partial charge in [0.15, 0.2) is 0 Å². The van der Waals surface area contributed by atoms with E-state index in [0.717, 1.165) is 48.2 Å². The van der Waals surface area contributed by atoms with Crippen molar-refractivity contribution in [2.75, 3.05) is 6.54 Å². The maximum absolute atomic E-state index is 11.0. The number of rotatable bonds is 7. The molecule has 33 heavy (non-hydrogen) atoms. The fraction of sp³-hybridized carbons (Fsp3) is 0.733. The van der Waals surface area contributed by atoms with Crippen LogP contribution in [0.25, 0.3) is 0 Å². The lowest BCUT2D eigenvalue weighted by Crippen LogP contribution is -3.17. The number of unbranched alkanes of at least 4 members (excludes halogenated alkanes) is 2. The molecular weight excluding hydrogens is 406 g/mol. The van der Waals surface area contributed by atoms with Crippen LogP contribution in [0.2, 0.25) is 0 Å². The fourth-order valence-electron chi connectivity index (χ4n) is 6.02. The minimum Gasteiger partial charge on any atom is -0.507 e. The average Bonchev–Trinajstić information content (AvgIpc) is 2.71. The third-order valence-corrected chi connectivity index (χ3v) is 7.95. The highest BCUT2D eigenvalue weighted by atomic mass is 16.5. The summed E-state index contributed by atoms with van der Waals surface area (Å²) in [5.74, 6) is 2.09. The molecule has 1 heterocycles. The standard InChI is InChI=1S/C22H32O2.C8H19N/c1-6-7-8-9-16-13-19-20(21(23)15(16)3)17-12-14(2)10-11-18(17)22(4,5)24-19;1-6-9(7(2)3)8(4)5/h12-13,17-18,23H,6-11H2,1-5H3;7-8H,6H2,1-5H3/p+1/t17-,18-;/m1./s1. The second-order valence-corrected chi connectivity index (χ2v) is 11.5. The quantitative estimate of drug-likeness (QED) is 0.350. The molecule has 188 valence electrons. The van der Waals surface area contributed by atoms with Crippen molar-refractivity contribution in [2.24, 2.45) is 5.92 Å². The van der Waals surface area contributed by atoms with Crippen LogP contribution >= 0.6 is 0 Å². The lowest BCUT2D eigenvalue weighted by molar-refractivity contribution is -0.940. The maximum Gasteiger partial charge on any atom is 0.127 e. The van der Waals surface area contributed by atoms with E-state index in [4.69, 9.17) is 4.74 Å². The molecule has 3 rings (SSSR count). The normalized spacial score (nSPS) is 21.2. The van der Waals surface area contributed by atoms with Crippen molar-refractivity contribution in [3.05, 3.63) is 34.4 Å². The van der Waals surface area contributed by atoms with Gasteiger partial charge < -0.3 is 14.7 Å². The molecule has 1 aromatic carbocycles. The lowest BCUT2D eigenvalue weighted by Gasteiger charge is -2.46. The van der Waals surface area contributed by atoms with Crippen LogP contribution in [-0.2, 0) is 6.42 Å². The molecule has 0 spiro atoms. The Kier molecular flexibility index (Phi) is 9.91. The Morgan fingerprint density at radius 3 is 2.24 bits per heavy atom. The van der Waals surface area contributed by atoms with E-state index in [9.17, 15) is 5.11 Å². The topological polar surface area (TPSA) is 33.9 Å². The number of phenolic OH excluding ortho intramolecular Hbond substituents is 1. The molecule has 3 nitrogen and oxygen atoms in total. The number of benzene rings is 1. The molecule has 0 fully saturated rings. The molecular formula is C30H52NO2+. The predicted octanol–water partition coefficient (Wildman–Crippen LogP) is 6.75. The van der Waals surface area contributed by atoms with Crippen LogP contribution in [0.1, 0.15) is 117 Å². The van der Waals surface area contributed by atoms with Gasteiger partial charge in [-0.3, -0.25) is 0 Å². The van der Waals surface area contributed by atoms with Crippen molar-refractivity contribution in [3.8, 4) is 11.5 Å². The number of aromatic hydroxyl groups is 1. The first-order valence-electron chi connectivity index (χ1n) is 13.5. The third kappa shape index (κ3) is 6.56. The van der Waals surface area contributed by atoms with Gasteiger partial charge in [0.05, 0.1) is 18.6 Å². The summed E-state index contributed by atoms with van der Waals surface area (Å²) < 4.78 is 6.42. The summed E-state index contributed by atoms with van der Waals surface area (Å²) in [6.07, 6.45) is 9.28. The molecule has 2 atom stereocenters. The van der Waals surface area contributed by atoms with Gasteiger partial charge in [0, 0.05) is 17.4 Å². The summed E-state index contributed by atoms with van der Waals surface area (Å²) in [7, 11) is 0. The van der Waals surface area contributed by atoms with Gasteiger partial charge in [0.1, 0.15) is 17.1 Å².